The van der Waals surface area contributed by atoms with Crippen molar-refractivity contribution in [3.8, 4) is 0 Å². The highest BCUT2D eigenvalue weighted by molar-refractivity contribution is 5.87. The number of aliphatic hydroxyl groups excluding tert-OH is 1. The van der Waals surface area contributed by atoms with E-state index in [9.17, 15) is 9.90 Å². The van der Waals surface area contributed by atoms with Gasteiger partial charge in [-0.3, -0.25) is 4.98 Å². The fraction of sp³-hybridized carbons (Fsp3) is 0.643. The van der Waals surface area contributed by atoms with E-state index in [2.05, 4.69) is 20.0 Å². The number of carbonyl (C=O) groups is 1. The van der Waals surface area contributed by atoms with Crippen molar-refractivity contribution in [2.24, 2.45) is 11.8 Å². The smallest absolute Gasteiger partial charge is 0.358 e. The summed E-state index contributed by atoms with van der Waals surface area (Å²) in [4.78, 5) is 19.5. The summed E-state index contributed by atoms with van der Waals surface area (Å²) in [5.41, 5.74) is 0.194. The first-order chi connectivity index (χ1) is 9.74. The molecule has 0 amide bonds. The molecule has 0 bridgehead atoms. The molecule has 6 heteroatoms. The monoisotopic (exact) mass is 279 g/mol. The molecule has 2 atom stereocenters. The van der Waals surface area contributed by atoms with E-state index in [0.717, 1.165) is 19.4 Å². The van der Waals surface area contributed by atoms with E-state index in [0.29, 0.717) is 17.7 Å². The minimum Gasteiger partial charge on any atom is -0.464 e. The van der Waals surface area contributed by atoms with Gasteiger partial charge in [0.15, 0.2) is 5.69 Å². The maximum Gasteiger partial charge on any atom is 0.358 e. The molecule has 0 saturated heterocycles. The Morgan fingerprint density at radius 1 is 1.40 bits per heavy atom. The number of carbonyl (C=O) groups excluding carboxylic acids is 1. The Bertz CT molecular complexity index is 453. The first kappa shape index (κ1) is 14.7. The Morgan fingerprint density at radius 3 is 2.85 bits per heavy atom. The highest BCUT2D eigenvalue weighted by Gasteiger charge is 2.24. The van der Waals surface area contributed by atoms with Crippen LogP contribution in [0.15, 0.2) is 12.4 Å². The third-order valence-electron chi connectivity index (χ3n) is 3.88. The topological polar surface area (TPSA) is 84.3 Å². The number of ether oxygens (including phenoxy) is 1. The van der Waals surface area contributed by atoms with E-state index >= 15 is 0 Å². The van der Waals surface area contributed by atoms with Gasteiger partial charge in [-0.25, -0.2) is 9.78 Å². The number of hydrogen-bond acceptors (Lipinski definition) is 6. The molecule has 2 rings (SSSR count). The zero-order valence-corrected chi connectivity index (χ0v) is 11.7. The van der Waals surface area contributed by atoms with Gasteiger partial charge < -0.3 is 15.2 Å². The lowest BCUT2D eigenvalue weighted by Gasteiger charge is -2.30. The van der Waals surface area contributed by atoms with Crippen molar-refractivity contribution >= 4 is 11.8 Å². The molecule has 1 aliphatic rings. The van der Waals surface area contributed by atoms with Gasteiger partial charge in [-0.1, -0.05) is 12.8 Å². The molecule has 1 aromatic rings. The molecule has 1 heterocycles. The molecular formula is C14H21N3O3. The first-order valence-electron chi connectivity index (χ1n) is 6.99. The second-order valence-corrected chi connectivity index (χ2v) is 5.15. The predicted molar refractivity (Wildman–Crippen MR) is 74.4 cm³/mol. The van der Waals surface area contributed by atoms with Crippen LogP contribution in [0.1, 0.15) is 36.2 Å². The number of nitrogens with one attached hydrogen (secondary N) is 1. The van der Waals surface area contributed by atoms with Crippen molar-refractivity contribution < 1.29 is 14.6 Å². The van der Waals surface area contributed by atoms with Crippen LogP contribution >= 0.6 is 0 Å². The lowest BCUT2D eigenvalue weighted by atomic mass is 9.79. The summed E-state index contributed by atoms with van der Waals surface area (Å²) in [6.07, 6.45) is 7.56. The van der Waals surface area contributed by atoms with Gasteiger partial charge in [0.1, 0.15) is 5.82 Å². The molecule has 0 spiro atoms. The number of hydrogen-bond donors (Lipinski definition) is 2. The second kappa shape index (κ2) is 7.19. The van der Waals surface area contributed by atoms with Gasteiger partial charge in [-0.2, -0.15) is 0 Å². The summed E-state index contributed by atoms with van der Waals surface area (Å²) < 4.78 is 4.62. The molecule has 1 aliphatic carbocycles. The van der Waals surface area contributed by atoms with E-state index < -0.39 is 5.97 Å². The Hall–Kier alpha value is -1.69. The lowest BCUT2D eigenvalue weighted by molar-refractivity contribution is 0.0593. The third kappa shape index (κ3) is 3.66. The highest BCUT2D eigenvalue weighted by atomic mass is 16.5. The largest absolute Gasteiger partial charge is 0.464 e. The SMILES string of the molecule is COC(=O)c1cncc(NCC2CCCCC2CO)n1. The van der Waals surface area contributed by atoms with Crippen LogP contribution < -0.4 is 5.32 Å². The summed E-state index contributed by atoms with van der Waals surface area (Å²) >= 11 is 0. The fourth-order valence-corrected chi connectivity index (χ4v) is 2.68. The maximum absolute atomic E-state index is 11.4. The van der Waals surface area contributed by atoms with Gasteiger partial charge in [-0.15, -0.1) is 0 Å². The zero-order valence-electron chi connectivity index (χ0n) is 11.7. The average Bonchev–Trinajstić information content (AvgIpc) is 2.52. The summed E-state index contributed by atoms with van der Waals surface area (Å²) in [6.45, 7) is 0.977. The Kier molecular flexibility index (Phi) is 5.29. The molecule has 1 saturated carbocycles. The van der Waals surface area contributed by atoms with Crippen LogP contribution in [0.5, 0.6) is 0 Å². The second-order valence-electron chi connectivity index (χ2n) is 5.15. The quantitative estimate of drug-likeness (QED) is 0.794. The number of esters is 1. The predicted octanol–water partition coefficient (Wildman–Crippen LogP) is 1.47. The molecule has 0 aliphatic heterocycles. The molecule has 110 valence electrons. The van der Waals surface area contributed by atoms with Crippen molar-refractivity contribution in [1.29, 1.82) is 0 Å². The van der Waals surface area contributed by atoms with Gasteiger partial charge in [0.2, 0.25) is 0 Å². The normalized spacial score (nSPS) is 22.3. The molecule has 6 nitrogen and oxygen atoms in total. The van der Waals surface area contributed by atoms with Crippen LogP contribution in [0.4, 0.5) is 5.82 Å². The average molecular weight is 279 g/mol. The van der Waals surface area contributed by atoms with Crippen LogP contribution in [0.25, 0.3) is 0 Å². The number of nitrogens with zero attached hydrogens (tertiary/aromatic N) is 2. The Labute approximate surface area is 118 Å². The van der Waals surface area contributed by atoms with Crippen molar-refractivity contribution in [2.45, 2.75) is 25.7 Å². The Morgan fingerprint density at radius 2 is 2.15 bits per heavy atom. The van der Waals surface area contributed by atoms with Crippen molar-refractivity contribution in [2.75, 3.05) is 25.6 Å². The van der Waals surface area contributed by atoms with E-state index in [-0.39, 0.29) is 12.3 Å². The van der Waals surface area contributed by atoms with Crippen LogP contribution in [0.2, 0.25) is 0 Å². The molecular weight excluding hydrogens is 258 g/mol. The van der Waals surface area contributed by atoms with Gasteiger partial charge in [-0.05, 0) is 24.7 Å². The maximum atomic E-state index is 11.4. The first-order valence-corrected chi connectivity index (χ1v) is 6.99. The third-order valence-corrected chi connectivity index (χ3v) is 3.88. The standard InChI is InChI=1S/C14H21N3O3/c1-20-14(19)12-7-15-8-13(17-12)16-6-10-4-2-3-5-11(10)9-18/h7-8,10-11,18H,2-6,9H2,1H3,(H,16,17). The summed E-state index contributed by atoms with van der Waals surface area (Å²) in [6, 6.07) is 0. The molecule has 0 aromatic carbocycles. The van der Waals surface area contributed by atoms with E-state index in [4.69, 9.17) is 0 Å². The van der Waals surface area contributed by atoms with Gasteiger partial charge in [0.25, 0.3) is 0 Å². The van der Waals surface area contributed by atoms with Crippen LogP contribution in [0, 0.1) is 11.8 Å². The van der Waals surface area contributed by atoms with E-state index in [1.165, 1.54) is 26.1 Å². The molecule has 0 radical (unpaired) electrons. The van der Waals surface area contributed by atoms with E-state index in [1.54, 1.807) is 6.20 Å². The summed E-state index contributed by atoms with van der Waals surface area (Å²) in [5.74, 6) is 0.868. The van der Waals surface area contributed by atoms with Crippen molar-refractivity contribution in [3.05, 3.63) is 18.1 Å². The number of anilines is 1. The van der Waals surface area contributed by atoms with E-state index in [1.807, 2.05) is 0 Å². The Balaban J connectivity index is 1.94. The summed E-state index contributed by atoms with van der Waals surface area (Å²) in [7, 11) is 1.32. The molecule has 1 aromatic heterocycles. The lowest BCUT2D eigenvalue weighted by Crippen LogP contribution is -2.29. The number of rotatable bonds is 5. The van der Waals surface area contributed by atoms with Crippen molar-refractivity contribution in [3.63, 3.8) is 0 Å². The van der Waals surface area contributed by atoms with Crippen LogP contribution in [-0.2, 0) is 4.74 Å². The molecule has 1 fully saturated rings. The minimum absolute atomic E-state index is 0.194. The number of methoxy groups -OCH3 is 1. The molecule has 20 heavy (non-hydrogen) atoms. The van der Waals surface area contributed by atoms with Crippen molar-refractivity contribution in [1.82, 2.24) is 9.97 Å². The molecule has 2 N–H and O–H groups in total. The van der Waals surface area contributed by atoms with Gasteiger partial charge in [0, 0.05) is 13.2 Å². The molecule has 2 unspecified atom stereocenters. The fourth-order valence-electron chi connectivity index (χ4n) is 2.68. The number of aliphatic hydroxyl groups is 1. The van der Waals surface area contributed by atoms with Gasteiger partial charge >= 0.3 is 5.97 Å². The highest BCUT2D eigenvalue weighted by Crippen LogP contribution is 2.29. The van der Waals surface area contributed by atoms with Crippen LogP contribution in [0.3, 0.4) is 0 Å². The van der Waals surface area contributed by atoms with Crippen LogP contribution in [-0.4, -0.2) is 41.3 Å². The summed E-state index contributed by atoms with van der Waals surface area (Å²) in [5, 5.41) is 12.6. The minimum atomic E-state index is -0.493. The number of aromatic nitrogens is 2. The zero-order chi connectivity index (χ0) is 14.4. The van der Waals surface area contributed by atoms with Gasteiger partial charge in [0.05, 0.1) is 19.5 Å².